The molecule has 0 saturated carbocycles. The van der Waals surface area contributed by atoms with E-state index in [1.165, 1.54) is 5.56 Å². The number of para-hydroxylation sites is 2. The standard InChI is InChI=1S/C19H20N2O2/c1-4-23-18(22)12-21-17-8-6-5-7-16(17)20-19(21)15-10-9-13(2)11-14(15)3/h5-11H,4,12H2,1-3H3. The summed E-state index contributed by atoms with van der Waals surface area (Å²) in [6.07, 6.45) is 0. The number of esters is 1. The number of carbonyl (C=O) groups is 1. The molecule has 0 amide bonds. The van der Waals surface area contributed by atoms with Crippen LogP contribution in [0.4, 0.5) is 0 Å². The van der Waals surface area contributed by atoms with Gasteiger partial charge in [-0.25, -0.2) is 4.98 Å². The normalized spacial score (nSPS) is 10.9. The number of carbonyl (C=O) groups excluding carboxylic acids is 1. The summed E-state index contributed by atoms with van der Waals surface area (Å²) in [7, 11) is 0. The van der Waals surface area contributed by atoms with Crippen LogP contribution in [-0.4, -0.2) is 22.1 Å². The van der Waals surface area contributed by atoms with Gasteiger partial charge in [-0.15, -0.1) is 0 Å². The van der Waals surface area contributed by atoms with E-state index < -0.39 is 0 Å². The van der Waals surface area contributed by atoms with E-state index in [0.717, 1.165) is 28.0 Å². The zero-order valence-electron chi connectivity index (χ0n) is 13.7. The summed E-state index contributed by atoms with van der Waals surface area (Å²) < 4.78 is 7.05. The Morgan fingerprint density at radius 3 is 2.70 bits per heavy atom. The third kappa shape index (κ3) is 2.97. The van der Waals surface area contributed by atoms with Crippen LogP contribution in [0.15, 0.2) is 42.5 Å². The Hall–Kier alpha value is -2.62. The summed E-state index contributed by atoms with van der Waals surface area (Å²) in [6.45, 7) is 6.49. The average Bonchev–Trinajstić information content (AvgIpc) is 2.86. The van der Waals surface area contributed by atoms with Crippen LogP contribution in [-0.2, 0) is 16.1 Å². The van der Waals surface area contributed by atoms with Gasteiger partial charge in [0.2, 0.25) is 0 Å². The lowest BCUT2D eigenvalue weighted by Gasteiger charge is -2.11. The molecule has 3 rings (SSSR count). The van der Waals surface area contributed by atoms with Crippen LogP contribution >= 0.6 is 0 Å². The maximum Gasteiger partial charge on any atom is 0.326 e. The lowest BCUT2D eigenvalue weighted by Crippen LogP contribution is -2.14. The van der Waals surface area contributed by atoms with Crippen molar-refractivity contribution in [2.75, 3.05) is 6.61 Å². The van der Waals surface area contributed by atoms with Crippen molar-refractivity contribution in [3.63, 3.8) is 0 Å². The highest BCUT2D eigenvalue weighted by molar-refractivity contribution is 5.83. The predicted molar refractivity (Wildman–Crippen MR) is 91.3 cm³/mol. The van der Waals surface area contributed by atoms with Crippen molar-refractivity contribution >= 4 is 17.0 Å². The molecule has 1 aromatic heterocycles. The van der Waals surface area contributed by atoms with E-state index in [-0.39, 0.29) is 12.5 Å². The SMILES string of the molecule is CCOC(=O)Cn1c(-c2ccc(C)cc2C)nc2ccccc21. The van der Waals surface area contributed by atoms with Gasteiger partial charge in [0.25, 0.3) is 0 Å². The molecule has 0 aliphatic carbocycles. The first-order valence-electron chi connectivity index (χ1n) is 7.78. The molecule has 23 heavy (non-hydrogen) atoms. The maximum atomic E-state index is 12.0. The number of ether oxygens (including phenoxy) is 1. The number of hydrogen-bond donors (Lipinski definition) is 0. The van der Waals surface area contributed by atoms with Crippen LogP contribution in [0, 0.1) is 13.8 Å². The summed E-state index contributed by atoms with van der Waals surface area (Å²) in [4.78, 5) is 16.7. The molecule has 118 valence electrons. The van der Waals surface area contributed by atoms with Gasteiger partial charge < -0.3 is 9.30 Å². The second-order valence-corrected chi connectivity index (χ2v) is 5.63. The van der Waals surface area contributed by atoms with E-state index in [0.29, 0.717) is 6.61 Å². The molecule has 0 spiro atoms. The van der Waals surface area contributed by atoms with E-state index in [2.05, 4.69) is 32.0 Å². The maximum absolute atomic E-state index is 12.0. The molecule has 2 aromatic carbocycles. The van der Waals surface area contributed by atoms with Crippen LogP contribution in [0.2, 0.25) is 0 Å². The molecule has 0 fully saturated rings. The molecule has 0 atom stereocenters. The lowest BCUT2D eigenvalue weighted by atomic mass is 10.1. The van der Waals surface area contributed by atoms with Crippen molar-refractivity contribution in [2.24, 2.45) is 0 Å². The van der Waals surface area contributed by atoms with Crippen molar-refractivity contribution < 1.29 is 9.53 Å². The first-order chi connectivity index (χ1) is 11.1. The van der Waals surface area contributed by atoms with E-state index in [9.17, 15) is 4.79 Å². The molecular weight excluding hydrogens is 288 g/mol. The summed E-state index contributed by atoms with van der Waals surface area (Å²) in [6, 6.07) is 14.1. The highest BCUT2D eigenvalue weighted by Crippen LogP contribution is 2.27. The van der Waals surface area contributed by atoms with Crippen LogP contribution < -0.4 is 0 Å². The Morgan fingerprint density at radius 1 is 1.17 bits per heavy atom. The Bertz CT molecular complexity index is 865. The number of fused-ring (bicyclic) bond motifs is 1. The molecule has 0 bridgehead atoms. The van der Waals surface area contributed by atoms with Crippen LogP contribution in [0.1, 0.15) is 18.1 Å². The van der Waals surface area contributed by atoms with Crippen LogP contribution in [0.5, 0.6) is 0 Å². The fraction of sp³-hybridized carbons (Fsp3) is 0.263. The molecule has 3 aromatic rings. The summed E-state index contributed by atoms with van der Waals surface area (Å²) in [5, 5.41) is 0. The van der Waals surface area contributed by atoms with Gasteiger partial charge in [0.1, 0.15) is 12.4 Å². The van der Waals surface area contributed by atoms with Gasteiger partial charge in [-0.05, 0) is 38.5 Å². The summed E-state index contributed by atoms with van der Waals surface area (Å²) in [5.41, 5.74) is 5.21. The average molecular weight is 308 g/mol. The van der Waals surface area contributed by atoms with Gasteiger partial charge in [0.15, 0.2) is 0 Å². The number of aryl methyl sites for hydroxylation is 2. The molecule has 0 aliphatic rings. The van der Waals surface area contributed by atoms with Crippen LogP contribution in [0.25, 0.3) is 22.4 Å². The minimum atomic E-state index is -0.248. The zero-order valence-corrected chi connectivity index (χ0v) is 13.7. The first kappa shape index (κ1) is 15.3. The number of rotatable bonds is 4. The van der Waals surface area contributed by atoms with Gasteiger partial charge in [0.05, 0.1) is 17.6 Å². The molecule has 4 nitrogen and oxygen atoms in total. The Balaban J connectivity index is 2.17. The smallest absolute Gasteiger partial charge is 0.326 e. The minimum Gasteiger partial charge on any atom is -0.465 e. The van der Waals surface area contributed by atoms with E-state index in [1.807, 2.05) is 35.8 Å². The summed E-state index contributed by atoms with van der Waals surface area (Å²) >= 11 is 0. The molecule has 0 aliphatic heterocycles. The fourth-order valence-electron chi connectivity index (χ4n) is 2.84. The van der Waals surface area contributed by atoms with Crippen LogP contribution in [0.3, 0.4) is 0 Å². The number of imidazole rings is 1. The van der Waals surface area contributed by atoms with E-state index in [4.69, 9.17) is 9.72 Å². The number of nitrogens with zero attached hydrogens (tertiary/aromatic N) is 2. The third-order valence-corrected chi connectivity index (χ3v) is 3.87. The highest BCUT2D eigenvalue weighted by Gasteiger charge is 2.16. The van der Waals surface area contributed by atoms with Gasteiger partial charge in [0, 0.05) is 5.56 Å². The number of hydrogen-bond acceptors (Lipinski definition) is 3. The molecule has 0 saturated heterocycles. The van der Waals surface area contributed by atoms with Gasteiger partial charge >= 0.3 is 5.97 Å². The third-order valence-electron chi connectivity index (χ3n) is 3.87. The molecule has 1 heterocycles. The topological polar surface area (TPSA) is 44.1 Å². The van der Waals surface area contributed by atoms with Gasteiger partial charge in [-0.1, -0.05) is 35.9 Å². The van der Waals surface area contributed by atoms with Gasteiger partial charge in [-0.2, -0.15) is 0 Å². The van der Waals surface area contributed by atoms with Crippen molar-refractivity contribution in [2.45, 2.75) is 27.3 Å². The molecule has 0 radical (unpaired) electrons. The van der Waals surface area contributed by atoms with Crippen molar-refractivity contribution in [3.8, 4) is 11.4 Å². The van der Waals surface area contributed by atoms with Crippen molar-refractivity contribution in [1.29, 1.82) is 0 Å². The molecule has 0 unspecified atom stereocenters. The van der Waals surface area contributed by atoms with Crippen molar-refractivity contribution in [1.82, 2.24) is 9.55 Å². The quantitative estimate of drug-likeness (QED) is 0.687. The Kier molecular flexibility index (Phi) is 4.15. The first-order valence-corrected chi connectivity index (χ1v) is 7.78. The molecule has 4 heteroatoms. The molecule has 0 N–H and O–H groups in total. The second kappa shape index (κ2) is 6.24. The number of benzene rings is 2. The Morgan fingerprint density at radius 2 is 1.96 bits per heavy atom. The highest BCUT2D eigenvalue weighted by atomic mass is 16.5. The zero-order chi connectivity index (χ0) is 16.4. The minimum absolute atomic E-state index is 0.164. The van der Waals surface area contributed by atoms with Gasteiger partial charge in [-0.3, -0.25) is 4.79 Å². The lowest BCUT2D eigenvalue weighted by molar-refractivity contribution is -0.143. The monoisotopic (exact) mass is 308 g/mol. The van der Waals surface area contributed by atoms with Crippen molar-refractivity contribution in [3.05, 3.63) is 53.6 Å². The fourth-order valence-corrected chi connectivity index (χ4v) is 2.84. The number of aromatic nitrogens is 2. The largest absolute Gasteiger partial charge is 0.465 e. The van der Waals surface area contributed by atoms with E-state index >= 15 is 0 Å². The predicted octanol–water partition coefficient (Wildman–Crippen LogP) is 3.88. The molecular formula is C19H20N2O2. The summed E-state index contributed by atoms with van der Waals surface area (Å²) in [5.74, 6) is 0.554. The Labute approximate surface area is 135 Å². The van der Waals surface area contributed by atoms with E-state index in [1.54, 1.807) is 0 Å². The second-order valence-electron chi connectivity index (χ2n) is 5.63.